The van der Waals surface area contributed by atoms with Crippen molar-refractivity contribution < 1.29 is 9.59 Å². The fourth-order valence-corrected chi connectivity index (χ4v) is 2.56. The van der Waals surface area contributed by atoms with Crippen molar-refractivity contribution in [3.05, 3.63) is 32.7 Å². The first kappa shape index (κ1) is 14.7. The van der Waals surface area contributed by atoms with E-state index in [4.69, 9.17) is 12.2 Å². The van der Waals surface area contributed by atoms with Crippen LogP contribution in [0.2, 0.25) is 0 Å². The molecule has 0 aliphatic rings. The van der Waals surface area contributed by atoms with Gasteiger partial charge in [-0.3, -0.25) is 9.59 Å². The van der Waals surface area contributed by atoms with E-state index in [0.717, 1.165) is 8.95 Å². The molecule has 0 heterocycles. The molecule has 3 N–H and O–H groups in total. The minimum absolute atomic E-state index is 0.0657. The maximum Gasteiger partial charge on any atom is 0.252 e. The number of rotatable bonds is 4. The zero-order valence-corrected chi connectivity index (χ0v) is 12.4. The molecule has 1 aromatic rings. The van der Waals surface area contributed by atoms with E-state index in [-0.39, 0.29) is 6.42 Å². The Morgan fingerprint density at radius 3 is 2.33 bits per heavy atom. The highest BCUT2D eigenvalue weighted by Crippen LogP contribution is 2.20. The van der Waals surface area contributed by atoms with Gasteiger partial charge in [-0.15, -0.1) is 12.3 Å². The van der Waals surface area contributed by atoms with Gasteiger partial charge in [-0.2, -0.15) is 0 Å². The van der Waals surface area contributed by atoms with Crippen molar-refractivity contribution in [2.24, 2.45) is 5.73 Å². The Kier molecular flexibility index (Phi) is 5.38. The van der Waals surface area contributed by atoms with Crippen LogP contribution in [0.1, 0.15) is 16.8 Å². The Morgan fingerprint density at radius 2 is 1.89 bits per heavy atom. The molecule has 18 heavy (non-hydrogen) atoms. The van der Waals surface area contributed by atoms with Gasteiger partial charge in [0.25, 0.3) is 5.91 Å². The number of carbonyl (C=O) groups is 2. The van der Waals surface area contributed by atoms with E-state index in [1.807, 2.05) is 0 Å². The van der Waals surface area contributed by atoms with Crippen LogP contribution < -0.4 is 11.1 Å². The zero-order valence-electron chi connectivity index (χ0n) is 9.24. The lowest BCUT2D eigenvalue weighted by atomic mass is 10.1. The summed E-state index contributed by atoms with van der Waals surface area (Å²) in [4.78, 5) is 23.0. The summed E-state index contributed by atoms with van der Waals surface area (Å²) in [6, 6.07) is 4.20. The van der Waals surface area contributed by atoms with Gasteiger partial charge in [0.15, 0.2) is 0 Å². The number of halogens is 2. The maximum atomic E-state index is 11.9. The van der Waals surface area contributed by atoms with Gasteiger partial charge in [0.2, 0.25) is 5.91 Å². The van der Waals surface area contributed by atoms with E-state index >= 15 is 0 Å². The highest BCUT2D eigenvalue weighted by atomic mass is 79.9. The van der Waals surface area contributed by atoms with Gasteiger partial charge < -0.3 is 11.1 Å². The first-order valence-electron chi connectivity index (χ1n) is 4.93. The van der Waals surface area contributed by atoms with Crippen molar-refractivity contribution in [1.29, 1.82) is 0 Å². The molecule has 94 valence electrons. The highest BCUT2D eigenvalue weighted by molar-refractivity contribution is 9.11. The third kappa shape index (κ3) is 4.17. The number of benzene rings is 1. The lowest BCUT2D eigenvalue weighted by molar-refractivity contribution is -0.119. The lowest BCUT2D eigenvalue weighted by Gasteiger charge is -2.13. The van der Waals surface area contributed by atoms with Gasteiger partial charge in [0.1, 0.15) is 6.04 Å². The Balaban J connectivity index is 2.87. The van der Waals surface area contributed by atoms with Crippen LogP contribution in [0.5, 0.6) is 0 Å². The molecule has 0 aromatic heterocycles. The molecule has 1 atom stereocenters. The van der Waals surface area contributed by atoms with Crippen LogP contribution in [0.15, 0.2) is 27.1 Å². The molecule has 4 nitrogen and oxygen atoms in total. The Hall–Kier alpha value is -1.32. The Bertz CT molecular complexity index is 503. The number of terminal acetylenes is 1. The molecule has 0 saturated heterocycles. The smallest absolute Gasteiger partial charge is 0.252 e. The molecular formula is C12H10Br2N2O2. The number of primary amides is 1. The summed E-state index contributed by atoms with van der Waals surface area (Å²) < 4.78 is 1.49. The van der Waals surface area contributed by atoms with Crippen molar-refractivity contribution in [3.63, 3.8) is 0 Å². The molecule has 1 rings (SSSR count). The lowest BCUT2D eigenvalue weighted by Crippen LogP contribution is -2.44. The minimum Gasteiger partial charge on any atom is -0.368 e. The number of nitrogens with two attached hydrogens (primary N) is 1. The zero-order chi connectivity index (χ0) is 13.7. The van der Waals surface area contributed by atoms with E-state index in [1.165, 1.54) is 0 Å². The summed E-state index contributed by atoms with van der Waals surface area (Å²) in [7, 11) is 0. The Labute approximate surface area is 122 Å². The van der Waals surface area contributed by atoms with Crippen LogP contribution in [0.3, 0.4) is 0 Å². The van der Waals surface area contributed by atoms with Crippen LogP contribution in [0.4, 0.5) is 0 Å². The molecular weight excluding hydrogens is 364 g/mol. The monoisotopic (exact) mass is 372 g/mol. The van der Waals surface area contributed by atoms with Crippen molar-refractivity contribution in [1.82, 2.24) is 5.32 Å². The second kappa shape index (κ2) is 6.57. The first-order chi connectivity index (χ1) is 8.43. The molecule has 0 fully saturated rings. The van der Waals surface area contributed by atoms with E-state index < -0.39 is 17.9 Å². The van der Waals surface area contributed by atoms with Gasteiger partial charge in [-0.1, -0.05) is 31.9 Å². The fraction of sp³-hybridized carbons (Fsp3) is 0.167. The molecule has 6 heteroatoms. The predicted octanol–water partition coefficient (Wildman–Crippen LogP) is 1.82. The molecule has 0 radical (unpaired) electrons. The van der Waals surface area contributed by atoms with Crippen molar-refractivity contribution in [3.8, 4) is 12.3 Å². The summed E-state index contributed by atoms with van der Waals surface area (Å²) in [5, 5.41) is 2.49. The van der Waals surface area contributed by atoms with Crippen molar-refractivity contribution >= 4 is 43.7 Å². The molecule has 0 aliphatic carbocycles. The number of hydrogen-bond donors (Lipinski definition) is 2. The molecule has 0 aliphatic heterocycles. The van der Waals surface area contributed by atoms with Crippen LogP contribution in [-0.4, -0.2) is 17.9 Å². The molecule has 0 bridgehead atoms. The molecule has 0 spiro atoms. The number of amides is 2. The summed E-state index contributed by atoms with van der Waals surface area (Å²) in [6.07, 6.45) is 5.17. The fourth-order valence-electron chi connectivity index (χ4n) is 1.27. The minimum atomic E-state index is -0.861. The first-order valence-corrected chi connectivity index (χ1v) is 6.52. The summed E-state index contributed by atoms with van der Waals surface area (Å²) in [5.74, 6) is 1.23. The number of nitrogens with one attached hydrogen (secondary N) is 1. The third-order valence-electron chi connectivity index (χ3n) is 2.10. The number of hydrogen-bond acceptors (Lipinski definition) is 2. The van der Waals surface area contributed by atoms with E-state index in [2.05, 4.69) is 43.1 Å². The van der Waals surface area contributed by atoms with Crippen LogP contribution in [0.25, 0.3) is 0 Å². The highest BCUT2D eigenvalue weighted by Gasteiger charge is 2.18. The summed E-state index contributed by atoms with van der Waals surface area (Å²) >= 11 is 6.55. The molecule has 1 aromatic carbocycles. The van der Waals surface area contributed by atoms with Crippen LogP contribution >= 0.6 is 31.9 Å². The van der Waals surface area contributed by atoms with Crippen molar-refractivity contribution in [2.75, 3.05) is 0 Å². The average Bonchev–Trinajstić information content (AvgIpc) is 2.26. The maximum absolute atomic E-state index is 11.9. The summed E-state index contributed by atoms with van der Waals surface area (Å²) in [5.41, 5.74) is 5.54. The van der Waals surface area contributed by atoms with Crippen molar-refractivity contribution in [2.45, 2.75) is 12.5 Å². The molecule has 0 unspecified atom stereocenters. The van der Waals surface area contributed by atoms with Gasteiger partial charge in [0, 0.05) is 20.9 Å². The second-order valence-electron chi connectivity index (χ2n) is 3.49. The standard InChI is InChI=1S/C12H10Br2N2O2/c1-2-3-10(11(15)17)16-12(18)7-4-8(13)6-9(14)5-7/h1,4-6,10H,3H2,(H2,15,17)(H,16,18)/t10-/m0/s1. The molecule has 2 amide bonds. The third-order valence-corrected chi connectivity index (χ3v) is 3.01. The predicted molar refractivity (Wildman–Crippen MR) is 75.7 cm³/mol. The largest absolute Gasteiger partial charge is 0.368 e. The van der Waals surface area contributed by atoms with Crippen LogP contribution in [-0.2, 0) is 4.79 Å². The Morgan fingerprint density at radius 1 is 1.33 bits per heavy atom. The number of carbonyl (C=O) groups excluding carboxylic acids is 2. The molecule has 0 saturated carbocycles. The SMILES string of the molecule is C#CC[C@H](NC(=O)c1cc(Br)cc(Br)c1)C(N)=O. The van der Waals surface area contributed by atoms with Gasteiger partial charge >= 0.3 is 0 Å². The van der Waals surface area contributed by atoms with Gasteiger partial charge in [0.05, 0.1) is 0 Å². The van der Waals surface area contributed by atoms with E-state index in [9.17, 15) is 9.59 Å². The van der Waals surface area contributed by atoms with E-state index in [0.29, 0.717) is 5.56 Å². The average molecular weight is 374 g/mol. The van der Waals surface area contributed by atoms with Crippen LogP contribution in [0, 0.1) is 12.3 Å². The van der Waals surface area contributed by atoms with Gasteiger partial charge in [-0.05, 0) is 18.2 Å². The normalized spacial score (nSPS) is 11.4. The second-order valence-corrected chi connectivity index (χ2v) is 5.33. The van der Waals surface area contributed by atoms with E-state index in [1.54, 1.807) is 18.2 Å². The topological polar surface area (TPSA) is 72.2 Å². The quantitative estimate of drug-likeness (QED) is 0.790. The summed E-state index contributed by atoms with van der Waals surface area (Å²) in [6.45, 7) is 0. The van der Waals surface area contributed by atoms with Gasteiger partial charge in [-0.25, -0.2) is 0 Å².